The van der Waals surface area contributed by atoms with Crippen LogP contribution in [0.25, 0.3) is 0 Å². The van der Waals surface area contributed by atoms with Crippen LogP contribution in [0.2, 0.25) is 0 Å². The van der Waals surface area contributed by atoms with Gasteiger partial charge in [0.05, 0.1) is 11.2 Å². The fourth-order valence-corrected chi connectivity index (χ4v) is 2.63. The second kappa shape index (κ2) is 5.32. The Balaban J connectivity index is 2.05. The summed E-state index contributed by atoms with van der Waals surface area (Å²) in [6.45, 7) is 0.605. The Kier molecular flexibility index (Phi) is 4.11. The second-order valence-corrected chi connectivity index (χ2v) is 5.64. The first-order valence-electron chi connectivity index (χ1n) is 6.02. The molecule has 2 rings (SSSR count). The number of nitrogens with one attached hydrogen (secondary N) is 1. The van der Waals surface area contributed by atoms with Gasteiger partial charge in [0.2, 0.25) is 0 Å². The van der Waals surface area contributed by atoms with Crippen LogP contribution < -0.4 is 5.32 Å². The number of alkyl halides is 3. The van der Waals surface area contributed by atoms with E-state index in [2.05, 4.69) is 21.2 Å². The molecule has 2 nitrogen and oxygen atoms in total. The lowest BCUT2D eigenvalue weighted by molar-refractivity contribution is -0.137. The van der Waals surface area contributed by atoms with Crippen LogP contribution in [0.15, 0.2) is 22.7 Å². The van der Waals surface area contributed by atoms with E-state index in [1.807, 2.05) is 0 Å². The number of rotatable bonds is 4. The Bertz CT molecular complexity index is 452. The summed E-state index contributed by atoms with van der Waals surface area (Å²) in [5.74, 6) is 0. The highest BCUT2D eigenvalue weighted by Crippen LogP contribution is 2.37. The molecule has 0 radical (unpaired) electrons. The van der Waals surface area contributed by atoms with Crippen molar-refractivity contribution in [2.24, 2.45) is 0 Å². The number of methoxy groups -OCH3 is 1. The van der Waals surface area contributed by atoms with Gasteiger partial charge >= 0.3 is 6.18 Å². The second-order valence-electron chi connectivity index (χ2n) is 4.79. The zero-order valence-electron chi connectivity index (χ0n) is 10.5. The first kappa shape index (κ1) is 14.7. The van der Waals surface area contributed by atoms with Gasteiger partial charge in [-0.2, -0.15) is 13.2 Å². The van der Waals surface area contributed by atoms with E-state index in [0.29, 0.717) is 16.7 Å². The van der Waals surface area contributed by atoms with Crippen molar-refractivity contribution in [3.8, 4) is 0 Å². The van der Waals surface area contributed by atoms with Crippen molar-refractivity contribution < 1.29 is 17.9 Å². The van der Waals surface area contributed by atoms with E-state index < -0.39 is 11.7 Å². The van der Waals surface area contributed by atoms with Crippen molar-refractivity contribution in [1.29, 1.82) is 0 Å². The predicted molar refractivity (Wildman–Crippen MR) is 71.2 cm³/mol. The molecule has 1 fully saturated rings. The predicted octanol–water partition coefficient (Wildman–Crippen LogP) is 4.45. The summed E-state index contributed by atoms with van der Waals surface area (Å²) in [6, 6.07) is 3.60. The quantitative estimate of drug-likeness (QED) is 0.876. The summed E-state index contributed by atoms with van der Waals surface area (Å²) >= 11 is 3.17. The molecule has 1 saturated carbocycles. The van der Waals surface area contributed by atoms with Crippen molar-refractivity contribution in [3.63, 3.8) is 0 Å². The molecule has 0 saturated heterocycles. The molecule has 1 aliphatic carbocycles. The maximum Gasteiger partial charge on any atom is 0.416 e. The molecule has 1 aromatic carbocycles. The Morgan fingerprint density at radius 3 is 2.47 bits per heavy atom. The van der Waals surface area contributed by atoms with Crippen molar-refractivity contribution in [2.45, 2.75) is 31.0 Å². The van der Waals surface area contributed by atoms with Gasteiger partial charge in [-0.1, -0.05) is 0 Å². The highest BCUT2D eigenvalue weighted by atomic mass is 79.9. The van der Waals surface area contributed by atoms with Crippen LogP contribution in [-0.2, 0) is 10.9 Å². The van der Waals surface area contributed by atoms with Crippen molar-refractivity contribution in [3.05, 3.63) is 28.2 Å². The van der Waals surface area contributed by atoms with Gasteiger partial charge in [-0.3, -0.25) is 0 Å². The summed E-state index contributed by atoms with van der Waals surface area (Å²) in [5, 5.41) is 3.15. The minimum absolute atomic E-state index is 0.165. The lowest BCUT2D eigenvalue weighted by Gasteiger charge is -2.40. The number of hydrogen-bond acceptors (Lipinski definition) is 2. The third-order valence-electron chi connectivity index (χ3n) is 3.60. The summed E-state index contributed by atoms with van der Waals surface area (Å²) in [6.07, 6.45) is -1.23. The molecule has 1 aromatic rings. The number of benzene rings is 1. The molecule has 0 unspecified atom stereocenters. The summed E-state index contributed by atoms with van der Waals surface area (Å²) in [5.41, 5.74) is -0.173. The molecular weight excluding hydrogens is 323 g/mol. The van der Waals surface area contributed by atoms with E-state index in [1.54, 1.807) is 7.11 Å². The van der Waals surface area contributed by atoms with Crippen LogP contribution in [0.5, 0.6) is 0 Å². The van der Waals surface area contributed by atoms with Gasteiger partial charge in [0, 0.05) is 23.8 Å². The highest BCUT2D eigenvalue weighted by Gasteiger charge is 2.37. The maximum absolute atomic E-state index is 12.5. The van der Waals surface area contributed by atoms with Crippen LogP contribution in [0.3, 0.4) is 0 Å². The van der Waals surface area contributed by atoms with Crippen LogP contribution in [0, 0.1) is 0 Å². The highest BCUT2D eigenvalue weighted by molar-refractivity contribution is 9.10. The molecule has 0 atom stereocenters. The molecule has 106 valence electrons. The van der Waals surface area contributed by atoms with Gasteiger partial charge in [0.15, 0.2) is 0 Å². The molecule has 6 heteroatoms. The molecular formula is C13H15BrF3NO. The number of hydrogen-bond donors (Lipinski definition) is 1. The van der Waals surface area contributed by atoms with Gasteiger partial charge in [-0.25, -0.2) is 0 Å². The molecule has 0 heterocycles. The SMILES string of the molecule is COC1(CNc2ccc(C(F)(F)F)cc2Br)CCC1. The fraction of sp³-hybridized carbons (Fsp3) is 0.538. The Morgan fingerprint density at radius 1 is 1.37 bits per heavy atom. The summed E-state index contributed by atoms with van der Waals surface area (Å²) in [4.78, 5) is 0. The number of ether oxygens (including phenoxy) is 1. The Labute approximate surface area is 118 Å². The minimum atomic E-state index is -4.32. The molecule has 0 aromatic heterocycles. The van der Waals surface area contributed by atoms with E-state index in [0.717, 1.165) is 31.4 Å². The smallest absolute Gasteiger partial charge is 0.381 e. The van der Waals surface area contributed by atoms with E-state index >= 15 is 0 Å². The van der Waals surface area contributed by atoms with Gasteiger partial charge in [-0.05, 0) is 53.4 Å². The standard InChI is InChI=1S/C13H15BrF3NO/c1-19-12(5-2-6-12)8-18-11-4-3-9(7-10(11)14)13(15,16)17/h3-4,7,18H,2,5-6,8H2,1H3. The fourth-order valence-electron chi connectivity index (χ4n) is 2.12. The Morgan fingerprint density at radius 2 is 2.05 bits per heavy atom. The van der Waals surface area contributed by atoms with Crippen molar-refractivity contribution in [1.82, 2.24) is 0 Å². The first-order valence-corrected chi connectivity index (χ1v) is 6.81. The average molecular weight is 338 g/mol. The molecule has 1 N–H and O–H groups in total. The molecule has 0 aliphatic heterocycles. The van der Waals surface area contributed by atoms with Gasteiger partial charge < -0.3 is 10.1 Å². The molecule has 0 amide bonds. The first-order chi connectivity index (χ1) is 8.86. The average Bonchev–Trinajstić information content (AvgIpc) is 2.28. The van der Waals surface area contributed by atoms with Crippen LogP contribution in [-0.4, -0.2) is 19.3 Å². The van der Waals surface area contributed by atoms with Crippen molar-refractivity contribution >= 4 is 21.6 Å². The van der Waals surface area contributed by atoms with Crippen LogP contribution in [0.1, 0.15) is 24.8 Å². The van der Waals surface area contributed by atoms with Crippen LogP contribution in [0.4, 0.5) is 18.9 Å². The molecule has 1 aliphatic rings. The monoisotopic (exact) mass is 337 g/mol. The molecule has 0 spiro atoms. The zero-order valence-corrected chi connectivity index (χ0v) is 12.1. The summed E-state index contributed by atoms with van der Waals surface area (Å²) in [7, 11) is 1.67. The number of halogens is 4. The normalized spacial score (nSPS) is 17.9. The maximum atomic E-state index is 12.5. The minimum Gasteiger partial charge on any atom is -0.381 e. The third-order valence-corrected chi connectivity index (χ3v) is 4.25. The van der Waals surface area contributed by atoms with Crippen molar-refractivity contribution in [2.75, 3.05) is 19.0 Å². The van der Waals surface area contributed by atoms with Crippen LogP contribution >= 0.6 is 15.9 Å². The number of anilines is 1. The molecule has 0 bridgehead atoms. The van der Waals surface area contributed by atoms with E-state index in [4.69, 9.17) is 4.74 Å². The summed E-state index contributed by atoms with van der Waals surface area (Å²) < 4.78 is 43.5. The topological polar surface area (TPSA) is 21.3 Å². The lowest BCUT2D eigenvalue weighted by Crippen LogP contribution is -2.45. The van der Waals surface area contributed by atoms with E-state index in [1.165, 1.54) is 6.07 Å². The third kappa shape index (κ3) is 3.23. The Hall–Kier alpha value is -0.750. The lowest BCUT2D eigenvalue weighted by atomic mass is 9.80. The van der Waals surface area contributed by atoms with E-state index in [-0.39, 0.29) is 5.60 Å². The zero-order chi connectivity index (χ0) is 14.1. The molecule has 19 heavy (non-hydrogen) atoms. The van der Waals surface area contributed by atoms with Gasteiger partial charge in [-0.15, -0.1) is 0 Å². The van der Waals surface area contributed by atoms with Gasteiger partial charge in [0.25, 0.3) is 0 Å². The van der Waals surface area contributed by atoms with E-state index in [9.17, 15) is 13.2 Å². The largest absolute Gasteiger partial charge is 0.416 e. The van der Waals surface area contributed by atoms with Gasteiger partial charge in [0.1, 0.15) is 0 Å².